The van der Waals surface area contributed by atoms with Gasteiger partial charge in [0, 0.05) is 0 Å². The van der Waals surface area contributed by atoms with Crippen LogP contribution < -0.4 is 9.47 Å². The van der Waals surface area contributed by atoms with Gasteiger partial charge in [0.1, 0.15) is 5.56 Å². The fourth-order valence-electron chi connectivity index (χ4n) is 1.61. The van der Waals surface area contributed by atoms with Gasteiger partial charge < -0.3 is 19.7 Å². The predicted molar refractivity (Wildman–Crippen MR) is 51.5 cm³/mol. The van der Waals surface area contributed by atoms with Crippen molar-refractivity contribution in [1.29, 1.82) is 0 Å². The van der Waals surface area contributed by atoms with Crippen LogP contribution in [-0.2, 0) is 0 Å². The summed E-state index contributed by atoms with van der Waals surface area (Å²) in [7, 11) is 0. The zero-order chi connectivity index (χ0) is 11.9. The Kier molecular flexibility index (Phi) is 2.31. The van der Waals surface area contributed by atoms with Crippen molar-refractivity contribution in [3.63, 3.8) is 0 Å². The van der Waals surface area contributed by atoms with E-state index in [1.807, 2.05) is 0 Å². The Labute approximate surface area is 90.0 Å². The lowest BCUT2D eigenvalue weighted by atomic mass is 10.1. The Morgan fingerprint density at radius 2 is 2.12 bits per heavy atom. The van der Waals surface area contributed by atoms with Crippen LogP contribution in [0.1, 0.15) is 18.6 Å². The maximum absolute atomic E-state index is 10.8. The summed E-state index contributed by atoms with van der Waals surface area (Å²) in [4.78, 5) is 10.1. The van der Waals surface area contributed by atoms with E-state index in [-0.39, 0.29) is 29.6 Å². The summed E-state index contributed by atoms with van der Waals surface area (Å²) >= 11 is 0. The van der Waals surface area contributed by atoms with E-state index < -0.39 is 16.7 Å². The van der Waals surface area contributed by atoms with Crippen LogP contribution in [0.15, 0.2) is 6.07 Å². The summed E-state index contributed by atoms with van der Waals surface area (Å²) < 4.78 is 9.96. The highest BCUT2D eigenvalue weighted by atomic mass is 16.7. The van der Waals surface area contributed by atoms with Gasteiger partial charge in [0.15, 0.2) is 11.5 Å². The number of nitro groups is 1. The first-order valence-corrected chi connectivity index (χ1v) is 4.50. The Bertz CT molecular complexity index is 456. The second-order valence-electron chi connectivity index (χ2n) is 3.33. The molecule has 1 aromatic rings. The van der Waals surface area contributed by atoms with Crippen molar-refractivity contribution in [3.05, 3.63) is 21.7 Å². The molecule has 0 radical (unpaired) electrons. The van der Waals surface area contributed by atoms with E-state index in [4.69, 9.17) is 9.47 Å². The second kappa shape index (κ2) is 3.53. The second-order valence-corrected chi connectivity index (χ2v) is 3.33. The predicted octanol–water partition coefficient (Wildman–Crippen LogP) is 1.08. The summed E-state index contributed by atoms with van der Waals surface area (Å²) in [6.07, 6.45) is -1.09. The van der Waals surface area contributed by atoms with Gasteiger partial charge in [-0.1, -0.05) is 0 Å². The number of aromatic hydroxyl groups is 1. The van der Waals surface area contributed by atoms with E-state index in [1.54, 1.807) is 0 Å². The van der Waals surface area contributed by atoms with Crippen LogP contribution in [0, 0.1) is 10.1 Å². The van der Waals surface area contributed by atoms with Crippen LogP contribution in [-0.4, -0.2) is 21.9 Å². The number of aliphatic hydroxyl groups excluding tert-OH is 1. The fraction of sp³-hybridized carbons (Fsp3) is 0.333. The minimum atomic E-state index is -1.09. The number of rotatable bonds is 2. The number of fused-ring (bicyclic) bond motifs is 1. The first kappa shape index (κ1) is 10.5. The van der Waals surface area contributed by atoms with E-state index in [1.165, 1.54) is 6.92 Å². The molecular formula is C9H9NO6. The van der Waals surface area contributed by atoms with Gasteiger partial charge in [-0.2, -0.15) is 0 Å². The summed E-state index contributed by atoms with van der Waals surface area (Å²) in [5.74, 6) is -0.313. The third kappa shape index (κ3) is 1.41. The Morgan fingerprint density at radius 3 is 2.69 bits per heavy atom. The number of nitro benzene ring substituents is 1. The highest BCUT2D eigenvalue weighted by molar-refractivity contribution is 5.65. The van der Waals surface area contributed by atoms with Gasteiger partial charge in [-0.15, -0.1) is 0 Å². The van der Waals surface area contributed by atoms with Gasteiger partial charge in [-0.3, -0.25) is 10.1 Å². The molecule has 7 heteroatoms. The van der Waals surface area contributed by atoms with Crippen molar-refractivity contribution >= 4 is 5.69 Å². The molecule has 1 aliphatic rings. The average Bonchev–Trinajstić information content (AvgIpc) is 2.65. The molecule has 0 aromatic heterocycles. The van der Waals surface area contributed by atoms with Crippen molar-refractivity contribution in [2.45, 2.75) is 13.0 Å². The topological polar surface area (TPSA) is 102 Å². The minimum absolute atomic E-state index is 0.00954. The summed E-state index contributed by atoms with van der Waals surface area (Å²) in [6.45, 7) is 1.24. The lowest BCUT2D eigenvalue weighted by Crippen LogP contribution is -2.01. The summed E-state index contributed by atoms with van der Waals surface area (Å²) in [5.41, 5.74) is -0.382. The smallest absolute Gasteiger partial charge is 0.282 e. The standard InChI is InChI=1S/C9H9NO6/c1-4(11)7-5(10(13)14)2-6(12)8-9(7)16-3-15-8/h2,4,11-12H,3H2,1H3. The molecule has 1 unspecified atom stereocenters. The Morgan fingerprint density at radius 1 is 1.50 bits per heavy atom. The van der Waals surface area contributed by atoms with Crippen LogP contribution in [0.25, 0.3) is 0 Å². The number of hydrogen-bond acceptors (Lipinski definition) is 6. The van der Waals surface area contributed by atoms with Crippen molar-refractivity contribution in [3.8, 4) is 17.2 Å². The SMILES string of the molecule is CC(O)c1c([N+](=O)[O-])cc(O)c2c1OCO2. The number of benzene rings is 1. The monoisotopic (exact) mass is 227 g/mol. The van der Waals surface area contributed by atoms with E-state index in [0.29, 0.717) is 0 Å². The molecule has 1 heterocycles. The van der Waals surface area contributed by atoms with Crippen LogP contribution in [0.4, 0.5) is 5.69 Å². The molecule has 0 fully saturated rings. The molecule has 86 valence electrons. The molecule has 1 aromatic carbocycles. The summed E-state index contributed by atoms with van der Waals surface area (Å²) in [5, 5.41) is 29.7. The van der Waals surface area contributed by atoms with Gasteiger partial charge >= 0.3 is 0 Å². The molecule has 0 spiro atoms. The van der Waals surface area contributed by atoms with E-state index in [9.17, 15) is 20.3 Å². The molecule has 16 heavy (non-hydrogen) atoms. The zero-order valence-electron chi connectivity index (χ0n) is 8.34. The quantitative estimate of drug-likeness (QED) is 0.579. The Balaban J connectivity index is 2.72. The largest absolute Gasteiger partial charge is 0.504 e. The van der Waals surface area contributed by atoms with Crippen LogP contribution in [0.2, 0.25) is 0 Å². The van der Waals surface area contributed by atoms with Crippen molar-refractivity contribution in [2.24, 2.45) is 0 Å². The lowest BCUT2D eigenvalue weighted by Gasteiger charge is -2.09. The number of phenolic OH excluding ortho intramolecular Hbond substituents is 1. The minimum Gasteiger partial charge on any atom is -0.504 e. The summed E-state index contributed by atoms with van der Waals surface area (Å²) in [6, 6.07) is 0.940. The van der Waals surface area contributed by atoms with Crippen molar-refractivity contribution in [1.82, 2.24) is 0 Å². The third-order valence-corrected chi connectivity index (χ3v) is 2.25. The molecule has 0 saturated carbocycles. The van der Waals surface area contributed by atoms with Crippen LogP contribution in [0.5, 0.6) is 17.2 Å². The van der Waals surface area contributed by atoms with Gasteiger partial charge in [0.2, 0.25) is 12.5 Å². The molecule has 1 aliphatic heterocycles. The highest BCUT2D eigenvalue weighted by Gasteiger charge is 2.32. The van der Waals surface area contributed by atoms with Crippen molar-refractivity contribution in [2.75, 3.05) is 6.79 Å². The first-order chi connectivity index (χ1) is 7.52. The van der Waals surface area contributed by atoms with E-state index >= 15 is 0 Å². The first-order valence-electron chi connectivity index (χ1n) is 4.50. The van der Waals surface area contributed by atoms with Gasteiger partial charge in [0.25, 0.3) is 5.69 Å². The van der Waals surface area contributed by atoms with Gasteiger partial charge in [-0.25, -0.2) is 0 Å². The maximum atomic E-state index is 10.8. The number of phenols is 1. The van der Waals surface area contributed by atoms with Gasteiger partial charge in [0.05, 0.1) is 17.1 Å². The number of hydrogen-bond donors (Lipinski definition) is 2. The highest BCUT2D eigenvalue weighted by Crippen LogP contribution is 2.49. The molecule has 0 saturated heterocycles. The molecule has 0 aliphatic carbocycles. The third-order valence-electron chi connectivity index (χ3n) is 2.25. The van der Waals surface area contributed by atoms with Crippen LogP contribution in [0.3, 0.4) is 0 Å². The average molecular weight is 227 g/mol. The number of nitrogens with zero attached hydrogens (tertiary/aromatic N) is 1. The molecular weight excluding hydrogens is 218 g/mol. The normalized spacial score (nSPS) is 14.9. The lowest BCUT2D eigenvalue weighted by molar-refractivity contribution is -0.386. The Hall–Kier alpha value is -2.02. The molecule has 2 rings (SSSR count). The van der Waals surface area contributed by atoms with Crippen LogP contribution >= 0.6 is 0 Å². The van der Waals surface area contributed by atoms with Crippen molar-refractivity contribution < 1.29 is 24.6 Å². The fourth-order valence-corrected chi connectivity index (χ4v) is 1.61. The van der Waals surface area contributed by atoms with E-state index in [0.717, 1.165) is 6.07 Å². The molecule has 0 bridgehead atoms. The molecule has 2 N–H and O–H groups in total. The molecule has 1 atom stereocenters. The zero-order valence-corrected chi connectivity index (χ0v) is 8.34. The number of ether oxygens (including phenoxy) is 2. The molecule has 0 amide bonds. The maximum Gasteiger partial charge on any atom is 0.282 e. The molecule has 7 nitrogen and oxygen atoms in total. The number of aliphatic hydroxyl groups is 1. The van der Waals surface area contributed by atoms with E-state index in [2.05, 4.69) is 0 Å². The van der Waals surface area contributed by atoms with Gasteiger partial charge in [-0.05, 0) is 6.92 Å².